The monoisotopic (exact) mass is 907 g/mol. The molecule has 4 aromatic carbocycles. The van der Waals surface area contributed by atoms with Crippen LogP contribution >= 0.6 is 0 Å². The number of nitro benzene ring substituents is 2. The Hall–Kier alpha value is -6.07. The Kier molecular flexibility index (Phi) is 15.6. The van der Waals surface area contributed by atoms with E-state index in [2.05, 4.69) is 30.7 Å². The van der Waals surface area contributed by atoms with Crippen LogP contribution in [-0.2, 0) is 37.0 Å². The average molecular weight is 908 g/mol. The van der Waals surface area contributed by atoms with Crippen LogP contribution in [0.15, 0.2) is 125 Å². The van der Waals surface area contributed by atoms with Crippen molar-refractivity contribution in [3.63, 3.8) is 0 Å². The van der Waals surface area contributed by atoms with E-state index in [-0.39, 0.29) is 58.3 Å². The molecule has 2 heterocycles. The topological polar surface area (TPSA) is 326 Å². The number of nitrogens with one attached hydrogen (secondary N) is 2. The van der Waals surface area contributed by atoms with Gasteiger partial charge in [0, 0.05) is 24.6 Å². The smallest absolute Gasteiger partial charge is 0.871 e. The second-order valence-corrected chi connectivity index (χ2v) is 16.1. The molecule has 2 N–H and O–H groups in total. The number of sulfone groups is 2. The van der Waals surface area contributed by atoms with Gasteiger partial charge in [-0.3, -0.25) is 40.0 Å². The minimum Gasteiger partial charge on any atom is -0.871 e. The predicted molar refractivity (Wildman–Crippen MR) is 202 cm³/mol. The summed E-state index contributed by atoms with van der Waals surface area (Å²) in [5, 5.41) is 66.8. The van der Waals surface area contributed by atoms with Crippen molar-refractivity contribution in [2.75, 3.05) is 12.5 Å². The summed E-state index contributed by atoms with van der Waals surface area (Å²) < 4.78 is 49.8. The zero-order valence-corrected chi connectivity index (χ0v) is 36.7. The first-order valence-corrected chi connectivity index (χ1v) is 19.9. The Morgan fingerprint density at radius 2 is 0.900 bits per heavy atom. The summed E-state index contributed by atoms with van der Waals surface area (Å²) in [6.07, 6.45) is 1.55. The molecular formula is C34H28CrN10NaO12S2+2. The first-order chi connectivity index (χ1) is 27.2. The number of H-pyrrole nitrogens is 2. The number of rotatable bonds is 10. The third-order valence-corrected chi connectivity index (χ3v) is 10.2. The third kappa shape index (κ3) is 10.8. The van der Waals surface area contributed by atoms with E-state index in [4.69, 9.17) is 0 Å². The van der Waals surface area contributed by atoms with Crippen LogP contribution in [0.5, 0.6) is 11.5 Å². The van der Waals surface area contributed by atoms with Gasteiger partial charge in [0.25, 0.3) is 22.5 Å². The number of nitro groups is 2. The molecule has 0 aliphatic carbocycles. The summed E-state index contributed by atoms with van der Waals surface area (Å²) in [6, 6.07) is 20.0. The molecular weight excluding hydrogens is 880 g/mol. The SMILES string of the molecule is Cc1[nH]n(-c2ccccc2)c(=O)c1N=Nc1cc(S(C)(=O)=O)c([N+](=O)[O-])cc1[O-].Cc1[nH]n(-c2ccccc2)c(=O)c1N=Nc1cc(S(C)(=O)=O)c([N+](=O)[O-])cc1[O-].[Cr+3].[Na+]. The zero-order chi connectivity index (χ0) is 42.7. The van der Waals surface area contributed by atoms with Crippen molar-refractivity contribution in [2.24, 2.45) is 20.5 Å². The van der Waals surface area contributed by atoms with E-state index in [9.17, 15) is 56.9 Å². The van der Waals surface area contributed by atoms with Crippen LogP contribution in [0.3, 0.4) is 0 Å². The summed E-state index contributed by atoms with van der Waals surface area (Å²) in [5.74, 6) is -1.80. The summed E-state index contributed by atoms with van der Waals surface area (Å²) >= 11 is 0. The number of hydrogen-bond acceptors (Lipinski definition) is 16. The number of aromatic amines is 2. The number of aromatic nitrogens is 4. The van der Waals surface area contributed by atoms with Crippen LogP contribution in [0.2, 0.25) is 0 Å². The van der Waals surface area contributed by atoms with Crippen LogP contribution in [0.25, 0.3) is 11.4 Å². The largest absolute Gasteiger partial charge is 3.00 e. The molecule has 60 heavy (non-hydrogen) atoms. The van der Waals surface area contributed by atoms with Crippen molar-refractivity contribution in [1.82, 2.24) is 19.6 Å². The van der Waals surface area contributed by atoms with Gasteiger partial charge in [0.2, 0.25) is 0 Å². The van der Waals surface area contributed by atoms with Gasteiger partial charge in [-0.25, -0.2) is 26.2 Å². The Balaban J connectivity index is 0.000000310. The van der Waals surface area contributed by atoms with Crippen LogP contribution < -0.4 is 50.9 Å². The summed E-state index contributed by atoms with van der Waals surface area (Å²) in [4.78, 5) is 44.0. The normalized spacial score (nSPS) is 11.4. The standard InChI is InChI=1S/2C17H15N5O6S.Cr.Na/c2*1-10-16(17(24)21(20-10)11-6-4-3-5-7-11)19-18-12-8-15(29(2,27)28)13(22(25)26)9-14(12)23;;/h2*3-9,20,23H,1-2H3;;/q;;+3;+1/p-2. The van der Waals surface area contributed by atoms with Gasteiger partial charge in [-0.05, 0) is 50.2 Å². The number of benzene rings is 4. The van der Waals surface area contributed by atoms with Gasteiger partial charge in [0.15, 0.2) is 31.0 Å². The number of nitrogens with zero attached hydrogens (tertiary/aromatic N) is 8. The third-order valence-electron chi connectivity index (χ3n) is 7.90. The molecule has 303 valence electrons. The van der Waals surface area contributed by atoms with E-state index in [0.717, 1.165) is 24.6 Å². The maximum Gasteiger partial charge on any atom is 3.00 e. The fourth-order valence-corrected chi connectivity index (χ4v) is 6.83. The Bertz CT molecular complexity index is 2800. The number of para-hydroxylation sites is 2. The zero-order valence-electron chi connectivity index (χ0n) is 31.8. The van der Waals surface area contributed by atoms with E-state index < -0.39 is 84.7 Å². The average Bonchev–Trinajstić information content (AvgIpc) is 3.61. The van der Waals surface area contributed by atoms with Crippen LogP contribution in [0.1, 0.15) is 11.4 Å². The molecule has 2 aromatic heterocycles. The van der Waals surface area contributed by atoms with Crippen molar-refractivity contribution in [3.05, 3.63) is 137 Å². The van der Waals surface area contributed by atoms with Gasteiger partial charge in [0.1, 0.15) is 9.79 Å². The van der Waals surface area contributed by atoms with Crippen molar-refractivity contribution < 1.29 is 83.8 Å². The van der Waals surface area contributed by atoms with Crippen LogP contribution in [0, 0.1) is 34.1 Å². The van der Waals surface area contributed by atoms with Gasteiger partial charge in [-0.1, -0.05) is 47.9 Å². The van der Waals surface area contributed by atoms with Crippen molar-refractivity contribution in [1.29, 1.82) is 0 Å². The second kappa shape index (κ2) is 19.3. The molecule has 6 aromatic rings. The Morgan fingerprint density at radius 1 is 0.583 bits per heavy atom. The van der Waals surface area contributed by atoms with E-state index in [1.165, 1.54) is 9.36 Å². The molecule has 0 saturated heterocycles. The first-order valence-electron chi connectivity index (χ1n) is 16.2. The minimum absolute atomic E-state index is 0. The number of aryl methyl sites for hydroxylation is 2. The molecule has 26 heteroatoms. The molecule has 0 unspecified atom stereocenters. The molecule has 6 rings (SSSR count). The molecule has 0 bridgehead atoms. The van der Waals surface area contributed by atoms with E-state index >= 15 is 0 Å². The molecule has 0 saturated carbocycles. The molecule has 1 radical (unpaired) electrons. The maximum atomic E-state index is 12.6. The van der Waals surface area contributed by atoms with Gasteiger partial charge >= 0.3 is 46.9 Å². The summed E-state index contributed by atoms with van der Waals surface area (Å²) in [7, 11) is -8.01. The maximum absolute atomic E-state index is 12.6. The van der Waals surface area contributed by atoms with E-state index in [1.54, 1.807) is 74.5 Å². The second-order valence-electron chi connectivity index (χ2n) is 12.2. The van der Waals surface area contributed by atoms with Gasteiger partial charge in [0.05, 0.1) is 44.0 Å². The number of azo groups is 2. The summed E-state index contributed by atoms with van der Waals surface area (Å²) in [5.41, 5.74) is -1.99. The number of hydrogen-bond donors (Lipinski definition) is 2. The predicted octanol–water partition coefficient (Wildman–Crippen LogP) is 1.55. The van der Waals surface area contributed by atoms with Crippen molar-refractivity contribution >= 4 is 53.8 Å². The fraction of sp³-hybridized carbons (Fsp3) is 0.118. The molecule has 0 fully saturated rings. The van der Waals surface area contributed by atoms with E-state index in [1.807, 2.05) is 0 Å². The van der Waals surface area contributed by atoms with Gasteiger partial charge in [-0.2, -0.15) is 10.2 Å². The van der Waals surface area contributed by atoms with Crippen molar-refractivity contribution in [3.8, 4) is 22.9 Å². The van der Waals surface area contributed by atoms with Crippen LogP contribution in [-0.4, -0.2) is 58.8 Å². The fourth-order valence-electron chi connectivity index (χ4n) is 5.15. The quantitative estimate of drug-likeness (QED) is 0.0856. The molecule has 0 atom stereocenters. The molecule has 0 amide bonds. The van der Waals surface area contributed by atoms with E-state index in [0.29, 0.717) is 34.9 Å². The first kappa shape index (κ1) is 48.3. The van der Waals surface area contributed by atoms with Gasteiger partial charge < -0.3 is 10.2 Å². The molecule has 0 aliphatic rings. The molecule has 22 nitrogen and oxygen atoms in total. The Morgan fingerprint density at radius 3 is 1.18 bits per heavy atom. The molecule has 0 aliphatic heterocycles. The summed E-state index contributed by atoms with van der Waals surface area (Å²) in [6.45, 7) is 3.15. The Labute approximate surface area is 371 Å². The minimum atomic E-state index is -4.00. The van der Waals surface area contributed by atoms with Gasteiger partial charge in [-0.15, -0.1) is 10.2 Å². The van der Waals surface area contributed by atoms with Crippen molar-refractivity contribution in [2.45, 2.75) is 23.6 Å². The van der Waals surface area contributed by atoms with Crippen LogP contribution in [0.4, 0.5) is 34.1 Å². The molecule has 0 spiro atoms.